The number of fused-ring (bicyclic) bond motifs is 1. The Morgan fingerprint density at radius 2 is 1.55 bits per heavy atom. The molecule has 0 aliphatic carbocycles. The van der Waals surface area contributed by atoms with Gasteiger partial charge in [-0.05, 0) is 31.5 Å². The molecule has 0 spiro atoms. The van der Waals surface area contributed by atoms with E-state index in [-0.39, 0.29) is 47.0 Å². The van der Waals surface area contributed by atoms with Crippen LogP contribution < -0.4 is 5.43 Å². The molecule has 2 fully saturated rings. The first-order valence-corrected chi connectivity index (χ1v) is 13.7. The minimum Gasteiger partial charge on any atom is -0.508 e. The van der Waals surface area contributed by atoms with E-state index in [1.807, 2.05) is 0 Å². The van der Waals surface area contributed by atoms with Crippen molar-refractivity contribution in [3.8, 4) is 40.1 Å². The van der Waals surface area contributed by atoms with E-state index in [1.165, 1.54) is 6.07 Å². The molecule has 2 aliphatic rings. The maximum Gasteiger partial charge on any atom is 0.238 e. The molecule has 15 heteroatoms. The van der Waals surface area contributed by atoms with Crippen LogP contribution in [-0.4, -0.2) is 113 Å². The molecule has 5 rings (SSSR count). The lowest BCUT2D eigenvalue weighted by Crippen LogP contribution is -2.54. The lowest BCUT2D eigenvalue weighted by atomic mass is 9.93. The van der Waals surface area contributed by atoms with E-state index in [0.717, 1.165) is 24.3 Å². The topological polar surface area (TPSA) is 260 Å². The highest BCUT2D eigenvalue weighted by atomic mass is 16.7. The smallest absolute Gasteiger partial charge is 0.238 e. The summed E-state index contributed by atoms with van der Waals surface area (Å²) in [5.74, 6) is -3.11. The van der Waals surface area contributed by atoms with Gasteiger partial charge in [0.25, 0.3) is 0 Å². The van der Waals surface area contributed by atoms with Gasteiger partial charge in [-0.15, -0.1) is 0 Å². The van der Waals surface area contributed by atoms with Gasteiger partial charge in [0.15, 0.2) is 23.5 Å². The second kappa shape index (κ2) is 13.5. The molecule has 0 bridgehead atoms. The third-order valence-corrected chi connectivity index (χ3v) is 7.61. The predicted octanol–water partition coefficient (Wildman–Crippen LogP) is -0.0347. The van der Waals surface area contributed by atoms with E-state index < -0.39 is 77.6 Å². The van der Waals surface area contributed by atoms with Crippen LogP contribution in [0.5, 0.6) is 28.7 Å². The van der Waals surface area contributed by atoms with Crippen molar-refractivity contribution >= 4 is 11.0 Å². The van der Waals surface area contributed by atoms with Crippen molar-refractivity contribution in [2.75, 3.05) is 13.2 Å². The first kappa shape index (κ1) is 33.2. The largest absolute Gasteiger partial charge is 0.508 e. The Kier molecular flexibility index (Phi) is 10.2. The summed E-state index contributed by atoms with van der Waals surface area (Å²) in [7, 11) is 0. The van der Waals surface area contributed by atoms with Crippen LogP contribution >= 0.6 is 0 Å². The van der Waals surface area contributed by atoms with Crippen LogP contribution in [0.2, 0.25) is 0 Å². The summed E-state index contributed by atoms with van der Waals surface area (Å²) in [6.45, 7) is 3.52. The highest BCUT2D eigenvalue weighted by molar-refractivity contribution is 5.88. The van der Waals surface area contributed by atoms with Crippen molar-refractivity contribution in [3.05, 3.63) is 40.6 Å². The quantitative estimate of drug-likeness (QED) is 0.167. The number of rotatable bonds is 5. The molecule has 0 saturated carbocycles. The normalized spacial score (nSPS) is 30.5. The third-order valence-electron chi connectivity index (χ3n) is 7.61. The van der Waals surface area contributed by atoms with Gasteiger partial charge in [-0.1, -0.05) is 6.92 Å². The number of aliphatic hydroxyl groups excluding tert-OH is 5. The molecule has 15 nitrogen and oxygen atoms in total. The first-order valence-electron chi connectivity index (χ1n) is 13.7. The Morgan fingerprint density at radius 3 is 2.23 bits per heavy atom. The lowest BCUT2D eigenvalue weighted by Gasteiger charge is -2.40. The molecule has 44 heavy (non-hydrogen) atoms. The van der Waals surface area contributed by atoms with E-state index in [4.69, 9.17) is 18.6 Å². The Bertz CT molecular complexity index is 1510. The molecule has 3 heterocycles. The lowest BCUT2D eigenvalue weighted by molar-refractivity contribution is -0.276. The number of aromatic hydroxyl groups is 5. The molecule has 2 saturated heterocycles. The average molecular weight is 625 g/mol. The number of hydrogen-bond acceptors (Lipinski definition) is 15. The standard InChI is InChI=1S/C15H10O7.C14H26O8/c16-7-4-10(19)12-11(5-7)22-15(14(21)13(12)20)6-1-2-8(17)9(18)3-6;1-6-10(16)11(17)7(2)22-14(6)20-4-3-9-13(19)12(18)8(15)5-21-9/h1-5,16-19,21H;6-19H,3-5H2,1-2H3/t;6?,7?,8?,9-,10-,11+,12?,13-,14-/m.1/s1. The Morgan fingerprint density at radius 1 is 0.841 bits per heavy atom. The van der Waals surface area contributed by atoms with Crippen molar-refractivity contribution in [2.24, 2.45) is 5.92 Å². The molecule has 1 aromatic heterocycles. The van der Waals surface area contributed by atoms with Crippen LogP contribution in [0.15, 0.2) is 39.5 Å². The molecular weight excluding hydrogens is 588 g/mol. The van der Waals surface area contributed by atoms with Crippen LogP contribution in [0.4, 0.5) is 0 Å². The van der Waals surface area contributed by atoms with E-state index in [9.17, 15) is 55.9 Å². The Hall–Kier alpha value is -3.67. The monoisotopic (exact) mass is 624 g/mol. The van der Waals surface area contributed by atoms with E-state index >= 15 is 0 Å². The van der Waals surface area contributed by atoms with Crippen molar-refractivity contribution in [3.63, 3.8) is 0 Å². The molecule has 0 amide bonds. The molecule has 10 N–H and O–H groups in total. The highest BCUT2D eigenvalue weighted by Crippen LogP contribution is 2.37. The van der Waals surface area contributed by atoms with E-state index in [0.29, 0.717) is 6.42 Å². The van der Waals surface area contributed by atoms with Gasteiger partial charge in [-0.2, -0.15) is 0 Å². The molecule has 0 radical (unpaired) electrons. The predicted molar refractivity (Wildman–Crippen MR) is 150 cm³/mol. The highest BCUT2D eigenvalue weighted by Gasteiger charge is 2.41. The van der Waals surface area contributed by atoms with Gasteiger partial charge in [-0.25, -0.2) is 0 Å². The maximum atomic E-state index is 12.1. The van der Waals surface area contributed by atoms with Crippen molar-refractivity contribution in [1.82, 2.24) is 0 Å². The number of phenols is 4. The summed E-state index contributed by atoms with van der Waals surface area (Å²) in [5.41, 5.74) is -0.890. The summed E-state index contributed by atoms with van der Waals surface area (Å²) in [6.07, 6.45) is -6.91. The van der Waals surface area contributed by atoms with Gasteiger partial charge < -0.3 is 69.7 Å². The Labute approximate surface area is 250 Å². The zero-order valence-corrected chi connectivity index (χ0v) is 23.7. The summed E-state index contributed by atoms with van der Waals surface area (Å²) in [4.78, 5) is 12.1. The molecule has 2 aromatic carbocycles. The fourth-order valence-corrected chi connectivity index (χ4v) is 4.91. The van der Waals surface area contributed by atoms with Crippen LogP contribution in [-0.2, 0) is 14.2 Å². The summed E-state index contributed by atoms with van der Waals surface area (Å²) < 4.78 is 21.7. The molecule has 242 valence electrons. The maximum absolute atomic E-state index is 12.1. The van der Waals surface area contributed by atoms with Crippen LogP contribution in [0.1, 0.15) is 20.3 Å². The second-order valence-corrected chi connectivity index (χ2v) is 10.8. The van der Waals surface area contributed by atoms with E-state index in [2.05, 4.69) is 0 Å². The minimum absolute atomic E-state index is 0.0405. The molecule has 3 aromatic rings. The van der Waals surface area contributed by atoms with Gasteiger partial charge in [0.1, 0.15) is 46.9 Å². The van der Waals surface area contributed by atoms with Gasteiger partial charge in [0.05, 0.1) is 31.5 Å². The number of benzene rings is 2. The molecule has 9 atom stereocenters. The van der Waals surface area contributed by atoms with E-state index in [1.54, 1.807) is 13.8 Å². The van der Waals surface area contributed by atoms with Crippen LogP contribution in [0.3, 0.4) is 0 Å². The summed E-state index contributed by atoms with van der Waals surface area (Å²) >= 11 is 0. The fraction of sp³-hybridized carbons (Fsp3) is 0.483. The zero-order chi connectivity index (χ0) is 32.5. The Balaban J connectivity index is 0.000000201. The fourth-order valence-electron chi connectivity index (χ4n) is 4.91. The van der Waals surface area contributed by atoms with Crippen LogP contribution in [0.25, 0.3) is 22.3 Å². The third kappa shape index (κ3) is 6.85. The van der Waals surface area contributed by atoms with Crippen molar-refractivity contribution in [2.45, 2.75) is 69.3 Å². The molecule has 2 aliphatic heterocycles. The van der Waals surface area contributed by atoms with Gasteiger partial charge in [0, 0.05) is 23.6 Å². The number of phenolic OH excluding ortho intramolecular Hbond substituents is 4. The van der Waals surface area contributed by atoms with Gasteiger partial charge in [-0.3, -0.25) is 4.79 Å². The number of hydrogen-bond donors (Lipinski definition) is 10. The number of ether oxygens (including phenoxy) is 3. The summed E-state index contributed by atoms with van der Waals surface area (Å²) in [6, 6.07) is 5.64. The second-order valence-electron chi connectivity index (χ2n) is 10.8. The number of aliphatic hydroxyl groups is 5. The molecular formula is C29H36O15. The minimum atomic E-state index is -1.24. The van der Waals surface area contributed by atoms with Gasteiger partial charge in [0.2, 0.25) is 11.2 Å². The average Bonchev–Trinajstić information content (AvgIpc) is 2.97. The summed E-state index contributed by atoms with van der Waals surface area (Å²) in [5, 5.41) is 96.1. The zero-order valence-electron chi connectivity index (χ0n) is 23.7. The van der Waals surface area contributed by atoms with Crippen molar-refractivity contribution in [1.29, 1.82) is 0 Å². The first-order chi connectivity index (χ1) is 20.7. The SMILES string of the molecule is CC1[C@H](OCC[C@H]2OCC(O)C(O)[C@@H]2O)OC(C)[C@H](O)[C@@H]1O.O=c1c(O)c(-c2ccc(O)c(O)c2)oc2cc(O)cc(O)c12. The van der Waals surface area contributed by atoms with Crippen molar-refractivity contribution < 1.29 is 69.7 Å². The van der Waals surface area contributed by atoms with Gasteiger partial charge >= 0.3 is 0 Å². The van der Waals surface area contributed by atoms with Crippen LogP contribution in [0, 0.1) is 5.92 Å². The molecule has 4 unspecified atom stereocenters.